The van der Waals surface area contributed by atoms with Crippen molar-refractivity contribution in [3.63, 3.8) is 0 Å². The quantitative estimate of drug-likeness (QED) is 0.682. The zero-order valence-corrected chi connectivity index (χ0v) is 16.7. The molecule has 0 bridgehead atoms. The van der Waals surface area contributed by atoms with Crippen LogP contribution in [0.5, 0.6) is 0 Å². The molecule has 0 radical (unpaired) electrons. The number of rotatable bonds is 4. The molecule has 5 heteroatoms. The maximum Gasteiger partial charge on any atom is 0.256 e. The summed E-state index contributed by atoms with van der Waals surface area (Å²) in [6.45, 7) is 2.67. The van der Waals surface area contributed by atoms with Gasteiger partial charge >= 0.3 is 0 Å². The molecule has 3 aromatic rings. The molecule has 1 aliphatic rings. The summed E-state index contributed by atoms with van der Waals surface area (Å²) in [7, 11) is 0. The number of carbonyl (C=O) groups excluding carboxylic acids is 2. The Bertz CT molecular complexity index is 1180. The van der Waals surface area contributed by atoms with Crippen molar-refractivity contribution in [2.45, 2.75) is 19.8 Å². The highest BCUT2D eigenvalue weighted by Crippen LogP contribution is 2.30. The zero-order chi connectivity index (χ0) is 21.1. The van der Waals surface area contributed by atoms with Crippen LogP contribution in [0.4, 0.5) is 11.4 Å². The molecule has 0 aliphatic carbocycles. The van der Waals surface area contributed by atoms with E-state index in [-0.39, 0.29) is 11.8 Å². The molecule has 0 aromatic heterocycles. The largest absolute Gasteiger partial charge is 0.322 e. The Labute approximate surface area is 175 Å². The molecule has 3 aromatic carbocycles. The molecule has 0 unspecified atom stereocenters. The second-order valence-electron chi connectivity index (χ2n) is 7.31. The van der Waals surface area contributed by atoms with Gasteiger partial charge in [0.1, 0.15) is 0 Å². The first-order chi connectivity index (χ1) is 14.6. The van der Waals surface area contributed by atoms with E-state index in [1.807, 2.05) is 49.4 Å². The molecule has 0 saturated carbocycles. The fourth-order valence-corrected chi connectivity index (χ4v) is 3.87. The molecule has 1 N–H and O–H groups in total. The van der Waals surface area contributed by atoms with Gasteiger partial charge < -0.3 is 10.2 Å². The van der Waals surface area contributed by atoms with Crippen molar-refractivity contribution in [3.8, 4) is 17.2 Å². The van der Waals surface area contributed by atoms with Gasteiger partial charge in [0.2, 0.25) is 5.91 Å². The monoisotopic (exact) mass is 395 g/mol. The van der Waals surface area contributed by atoms with Crippen LogP contribution in [0.25, 0.3) is 11.1 Å². The van der Waals surface area contributed by atoms with Crippen molar-refractivity contribution < 1.29 is 9.59 Å². The van der Waals surface area contributed by atoms with Crippen LogP contribution in [0.2, 0.25) is 0 Å². The fraction of sp³-hybridized carbons (Fsp3) is 0.160. The molecule has 4 rings (SSSR count). The molecule has 1 aliphatic heterocycles. The van der Waals surface area contributed by atoms with E-state index in [0.29, 0.717) is 28.8 Å². The Morgan fingerprint density at radius 1 is 1.03 bits per heavy atom. The highest BCUT2D eigenvalue weighted by molar-refractivity contribution is 6.09. The average Bonchev–Trinajstić information content (AvgIpc) is 3.19. The number of hydrogen-bond acceptors (Lipinski definition) is 3. The van der Waals surface area contributed by atoms with Crippen LogP contribution >= 0.6 is 0 Å². The number of carbonyl (C=O) groups is 2. The van der Waals surface area contributed by atoms with Crippen LogP contribution < -0.4 is 10.2 Å². The van der Waals surface area contributed by atoms with Gasteiger partial charge in [-0.2, -0.15) is 5.26 Å². The standard InChI is InChI=1S/C25H21N3O2/c1-17-15-19(12-13-23(17)28-14-6-11-24(28)29)27-25(30)22-10-5-4-9-21(22)20-8-3-2-7-18(20)16-26/h2-5,7-10,12-13,15H,6,11,14H2,1H3,(H,27,30). The highest BCUT2D eigenvalue weighted by Gasteiger charge is 2.23. The van der Waals surface area contributed by atoms with Crippen LogP contribution in [0.1, 0.15) is 34.3 Å². The lowest BCUT2D eigenvalue weighted by Crippen LogP contribution is -2.24. The molecule has 148 valence electrons. The van der Waals surface area contributed by atoms with Crippen LogP contribution in [-0.2, 0) is 4.79 Å². The molecule has 30 heavy (non-hydrogen) atoms. The third-order valence-corrected chi connectivity index (χ3v) is 5.33. The van der Waals surface area contributed by atoms with Crippen LogP contribution in [0.3, 0.4) is 0 Å². The Morgan fingerprint density at radius 2 is 1.77 bits per heavy atom. The van der Waals surface area contributed by atoms with Gasteiger partial charge in [0.05, 0.1) is 11.6 Å². The molecule has 2 amide bonds. The Balaban J connectivity index is 1.62. The zero-order valence-electron chi connectivity index (χ0n) is 16.7. The van der Waals surface area contributed by atoms with E-state index in [9.17, 15) is 14.9 Å². The summed E-state index contributed by atoms with van der Waals surface area (Å²) in [6.07, 6.45) is 1.45. The Hall–Kier alpha value is -3.91. The minimum absolute atomic E-state index is 0.139. The predicted molar refractivity (Wildman–Crippen MR) is 117 cm³/mol. The summed E-state index contributed by atoms with van der Waals surface area (Å²) in [4.78, 5) is 26.9. The maximum absolute atomic E-state index is 13.1. The summed E-state index contributed by atoms with van der Waals surface area (Å²) in [5.41, 5.74) is 4.94. The lowest BCUT2D eigenvalue weighted by Gasteiger charge is -2.19. The molecule has 1 heterocycles. The normalized spacial score (nSPS) is 13.2. The van der Waals surface area contributed by atoms with E-state index >= 15 is 0 Å². The van der Waals surface area contributed by atoms with E-state index in [2.05, 4.69) is 11.4 Å². The van der Waals surface area contributed by atoms with E-state index < -0.39 is 0 Å². The lowest BCUT2D eigenvalue weighted by molar-refractivity contribution is -0.117. The van der Waals surface area contributed by atoms with E-state index in [1.54, 1.807) is 29.2 Å². The molecule has 1 saturated heterocycles. The predicted octanol–water partition coefficient (Wildman–Crippen LogP) is 4.91. The Kier molecular flexibility index (Phi) is 5.32. The average molecular weight is 395 g/mol. The summed E-state index contributed by atoms with van der Waals surface area (Å²) in [5, 5.41) is 12.4. The minimum atomic E-state index is -0.247. The van der Waals surface area contributed by atoms with Crippen LogP contribution in [-0.4, -0.2) is 18.4 Å². The maximum atomic E-state index is 13.1. The molecular formula is C25H21N3O2. The summed E-state index contributed by atoms with van der Waals surface area (Å²) in [6, 6.07) is 22.3. The number of benzene rings is 3. The topological polar surface area (TPSA) is 73.2 Å². The van der Waals surface area contributed by atoms with Crippen LogP contribution in [0.15, 0.2) is 66.7 Å². The van der Waals surface area contributed by atoms with Crippen molar-refractivity contribution >= 4 is 23.2 Å². The minimum Gasteiger partial charge on any atom is -0.322 e. The van der Waals surface area contributed by atoms with E-state index in [4.69, 9.17) is 0 Å². The highest BCUT2D eigenvalue weighted by atomic mass is 16.2. The Morgan fingerprint density at radius 3 is 2.47 bits per heavy atom. The van der Waals surface area contributed by atoms with Gasteiger partial charge in [-0.15, -0.1) is 0 Å². The number of hydrogen-bond donors (Lipinski definition) is 1. The molecule has 0 atom stereocenters. The first-order valence-corrected chi connectivity index (χ1v) is 9.89. The number of amides is 2. The van der Waals surface area contributed by atoms with Crippen molar-refractivity contribution in [1.82, 2.24) is 0 Å². The van der Waals surface area contributed by atoms with Gasteiger partial charge in [-0.3, -0.25) is 9.59 Å². The number of nitriles is 1. The SMILES string of the molecule is Cc1cc(NC(=O)c2ccccc2-c2ccccc2C#N)ccc1N1CCCC1=O. The van der Waals surface area contributed by atoms with Crippen molar-refractivity contribution in [3.05, 3.63) is 83.4 Å². The fourth-order valence-electron chi connectivity index (χ4n) is 3.87. The van der Waals surface area contributed by atoms with E-state index in [0.717, 1.165) is 29.8 Å². The molecular weight excluding hydrogens is 374 g/mol. The van der Waals surface area contributed by atoms with Crippen molar-refractivity contribution in [1.29, 1.82) is 5.26 Å². The number of nitrogens with one attached hydrogen (secondary N) is 1. The smallest absolute Gasteiger partial charge is 0.256 e. The summed E-state index contributed by atoms with van der Waals surface area (Å²) in [5.74, 6) is -0.109. The van der Waals surface area contributed by atoms with Gasteiger partial charge in [0.25, 0.3) is 5.91 Å². The first-order valence-electron chi connectivity index (χ1n) is 9.89. The van der Waals surface area contributed by atoms with Gasteiger partial charge in [0, 0.05) is 35.5 Å². The summed E-state index contributed by atoms with van der Waals surface area (Å²) >= 11 is 0. The van der Waals surface area contributed by atoms with Crippen molar-refractivity contribution in [2.75, 3.05) is 16.8 Å². The molecule has 5 nitrogen and oxygen atoms in total. The third-order valence-electron chi connectivity index (χ3n) is 5.33. The second-order valence-corrected chi connectivity index (χ2v) is 7.31. The molecule has 0 spiro atoms. The van der Waals surface area contributed by atoms with Gasteiger partial charge in [-0.25, -0.2) is 0 Å². The van der Waals surface area contributed by atoms with Gasteiger partial charge in [-0.1, -0.05) is 36.4 Å². The van der Waals surface area contributed by atoms with Gasteiger partial charge in [0.15, 0.2) is 0 Å². The summed E-state index contributed by atoms with van der Waals surface area (Å²) < 4.78 is 0. The first kappa shape index (κ1) is 19.4. The second kappa shape index (κ2) is 8.22. The lowest BCUT2D eigenvalue weighted by atomic mass is 9.95. The number of aryl methyl sites for hydroxylation is 1. The number of nitrogens with zero attached hydrogens (tertiary/aromatic N) is 2. The van der Waals surface area contributed by atoms with Crippen molar-refractivity contribution in [2.24, 2.45) is 0 Å². The van der Waals surface area contributed by atoms with Crippen LogP contribution in [0, 0.1) is 18.3 Å². The van der Waals surface area contributed by atoms with E-state index in [1.165, 1.54) is 0 Å². The van der Waals surface area contributed by atoms with Gasteiger partial charge in [-0.05, 0) is 54.8 Å². The number of anilines is 2. The molecule has 1 fully saturated rings. The third kappa shape index (κ3) is 3.68.